The van der Waals surface area contributed by atoms with Crippen LogP contribution < -0.4 is 5.32 Å². The Labute approximate surface area is 118 Å². The third kappa shape index (κ3) is 5.02. The molecule has 96 valence electrons. The number of hydrogen-bond donors (Lipinski definition) is 1. The second-order valence-corrected chi connectivity index (χ2v) is 6.26. The highest BCUT2D eigenvalue weighted by atomic mass is 79.9. The third-order valence-electron chi connectivity index (χ3n) is 2.60. The Kier molecular flexibility index (Phi) is 7.24. The second-order valence-electron chi connectivity index (χ2n) is 4.21. The van der Waals surface area contributed by atoms with Gasteiger partial charge >= 0.3 is 0 Å². The monoisotopic (exact) mass is 315 g/mol. The van der Waals surface area contributed by atoms with E-state index in [9.17, 15) is 0 Å². The zero-order valence-corrected chi connectivity index (χ0v) is 13.3. The Bertz CT molecular complexity index is 341. The molecule has 1 N–H and O–H groups in total. The van der Waals surface area contributed by atoms with Gasteiger partial charge in [-0.15, -0.1) is 11.8 Å². The summed E-state index contributed by atoms with van der Waals surface area (Å²) < 4.78 is 1.17. The van der Waals surface area contributed by atoms with Gasteiger partial charge in [-0.1, -0.05) is 29.8 Å². The normalized spacial score (nSPS) is 12.7. The van der Waals surface area contributed by atoms with Crippen molar-refractivity contribution < 1.29 is 0 Å². The highest BCUT2D eigenvalue weighted by Gasteiger charge is 2.10. The first-order valence-corrected chi connectivity index (χ1v) is 8.12. The smallest absolute Gasteiger partial charge is 0.0303 e. The molecule has 3 heteroatoms. The van der Waals surface area contributed by atoms with Crippen LogP contribution in [0.4, 0.5) is 0 Å². The molecule has 0 aliphatic rings. The molecule has 17 heavy (non-hydrogen) atoms. The van der Waals surface area contributed by atoms with Crippen LogP contribution in [0.1, 0.15) is 45.2 Å². The van der Waals surface area contributed by atoms with E-state index < -0.39 is 0 Å². The molecule has 1 rings (SSSR count). The molecule has 0 spiro atoms. The summed E-state index contributed by atoms with van der Waals surface area (Å²) in [6, 6.07) is 7.02. The van der Waals surface area contributed by atoms with Gasteiger partial charge in [-0.05, 0) is 55.8 Å². The highest BCUT2D eigenvalue weighted by molar-refractivity contribution is 9.10. The zero-order chi connectivity index (χ0) is 12.7. The minimum Gasteiger partial charge on any atom is -0.310 e. The van der Waals surface area contributed by atoms with Crippen molar-refractivity contribution in [2.24, 2.45) is 0 Å². The average Bonchev–Trinajstić information content (AvgIpc) is 2.34. The quantitative estimate of drug-likeness (QED) is 0.710. The van der Waals surface area contributed by atoms with Crippen LogP contribution in [0, 0.1) is 0 Å². The number of thioether (sulfide) groups is 1. The Morgan fingerprint density at radius 1 is 1.29 bits per heavy atom. The van der Waals surface area contributed by atoms with Gasteiger partial charge in [0.05, 0.1) is 0 Å². The second kappa shape index (κ2) is 8.17. The van der Waals surface area contributed by atoms with Crippen LogP contribution in [0.15, 0.2) is 27.6 Å². The van der Waals surface area contributed by atoms with E-state index in [-0.39, 0.29) is 0 Å². The van der Waals surface area contributed by atoms with Crippen LogP contribution in [0.5, 0.6) is 0 Å². The number of halogens is 1. The largest absolute Gasteiger partial charge is 0.310 e. The summed E-state index contributed by atoms with van der Waals surface area (Å²) >= 11 is 5.52. The van der Waals surface area contributed by atoms with Crippen molar-refractivity contribution in [2.45, 2.75) is 44.6 Å². The van der Waals surface area contributed by atoms with E-state index in [0.717, 1.165) is 6.54 Å². The molecule has 1 aromatic carbocycles. The summed E-state index contributed by atoms with van der Waals surface area (Å²) in [4.78, 5) is 1.41. The molecular formula is C14H22BrNS. The Morgan fingerprint density at radius 3 is 2.71 bits per heavy atom. The van der Waals surface area contributed by atoms with Crippen LogP contribution in [0.25, 0.3) is 0 Å². The van der Waals surface area contributed by atoms with Gasteiger partial charge in [0.15, 0.2) is 0 Å². The maximum atomic E-state index is 3.56. The average molecular weight is 316 g/mol. The fraction of sp³-hybridized carbons (Fsp3) is 0.571. The van der Waals surface area contributed by atoms with E-state index in [1.807, 2.05) is 11.8 Å². The van der Waals surface area contributed by atoms with Crippen LogP contribution in [-0.2, 0) is 0 Å². The molecule has 0 fully saturated rings. The Balaban J connectivity index is 2.81. The molecule has 1 nitrogen and oxygen atoms in total. The lowest BCUT2D eigenvalue weighted by molar-refractivity contribution is 0.563. The molecule has 0 aliphatic heterocycles. The molecular weight excluding hydrogens is 294 g/mol. The van der Waals surface area contributed by atoms with Crippen molar-refractivity contribution in [2.75, 3.05) is 12.3 Å². The van der Waals surface area contributed by atoms with Crippen molar-refractivity contribution >= 4 is 27.7 Å². The summed E-state index contributed by atoms with van der Waals surface area (Å²) in [6.45, 7) is 7.75. The summed E-state index contributed by atoms with van der Waals surface area (Å²) in [5.74, 6) is 1.19. The highest BCUT2D eigenvalue weighted by Crippen LogP contribution is 2.30. The summed E-state index contributed by atoms with van der Waals surface area (Å²) in [6.07, 6.45) is 2.40. The molecule has 1 atom stereocenters. The zero-order valence-electron chi connectivity index (χ0n) is 10.9. The standard InChI is InChI=1S/C14H22BrNS/c1-4-8-16-11(3)13-10-12(15)6-7-14(13)17-9-5-2/h6-7,10-11,16H,4-5,8-9H2,1-3H3. The fourth-order valence-corrected chi connectivity index (χ4v) is 3.04. The van der Waals surface area contributed by atoms with Crippen LogP contribution in [0.3, 0.4) is 0 Å². The maximum absolute atomic E-state index is 3.56. The van der Waals surface area contributed by atoms with Gasteiger partial charge in [-0.3, -0.25) is 0 Å². The minimum atomic E-state index is 0.423. The van der Waals surface area contributed by atoms with Gasteiger partial charge in [0, 0.05) is 15.4 Å². The van der Waals surface area contributed by atoms with Gasteiger partial charge < -0.3 is 5.32 Å². The van der Waals surface area contributed by atoms with Gasteiger partial charge in [0.1, 0.15) is 0 Å². The first kappa shape index (κ1) is 15.1. The van der Waals surface area contributed by atoms with E-state index in [2.05, 4.69) is 60.2 Å². The summed E-state index contributed by atoms with van der Waals surface area (Å²) in [5, 5.41) is 3.56. The predicted molar refractivity (Wildman–Crippen MR) is 81.9 cm³/mol. The molecule has 0 aliphatic carbocycles. The van der Waals surface area contributed by atoms with Gasteiger partial charge in [0.2, 0.25) is 0 Å². The molecule has 0 saturated carbocycles. The summed E-state index contributed by atoms with van der Waals surface area (Å²) in [7, 11) is 0. The van der Waals surface area contributed by atoms with Gasteiger partial charge in [-0.2, -0.15) is 0 Å². The lowest BCUT2D eigenvalue weighted by Gasteiger charge is -2.18. The molecule has 1 unspecified atom stereocenters. The minimum absolute atomic E-state index is 0.423. The molecule has 0 saturated heterocycles. The Morgan fingerprint density at radius 2 is 2.06 bits per heavy atom. The molecule has 1 aromatic rings. The van der Waals surface area contributed by atoms with Gasteiger partial charge in [0.25, 0.3) is 0 Å². The van der Waals surface area contributed by atoms with Gasteiger partial charge in [-0.25, -0.2) is 0 Å². The predicted octanol–water partition coefficient (Wildman–Crippen LogP) is 5.01. The van der Waals surface area contributed by atoms with Crippen molar-refractivity contribution in [3.63, 3.8) is 0 Å². The lowest BCUT2D eigenvalue weighted by atomic mass is 10.1. The fourth-order valence-electron chi connectivity index (χ4n) is 1.67. The Hall–Kier alpha value is 0.01000. The summed E-state index contributed by atoms with van der Waals surface area (Å²) in [5.41, 5.74) is 1.41. The molecule has 0 bridgehead atoms. The number of benzene rings is 1. The van der Waals surface area contributed by atoms with Crippen molar-refractivity contribution in [3.8, 4) is 0 Å². The van der Waals surface area contributed by atoms with Crippen molar-refractivity contribution in [1.82, 2.24) is 5.32 Å². The van der Waals surface area contributed by atoms with E-state index in [0.29, 0.717) is 6.04 Å². The first-order chi connectivity index (χ1) is 8.19. The molecule has 0 amide bonds. The van der Waals surface area contributed by atoms with Crippen LogP contribution in [-0.4, -0.2) is 12.3 Å². The SMILES string of the molecule is CCCNC(C)c1cc(Br)ccc1SCCC. The molecule has 0 heterocycles. The lowest BCUT2D eigenvalue weighted by Crippen LogP contribution is -2.19. The van der Waals surface area contributed by atoms with Crippen LogP contribution >= 0.6 is 27.7 Å². The number of rotatable bonds is 7. The molecule has 0 radical (unpaired) electrons. The van der Waals surface area contributed by atoms with E-state index in [1.54, 1.807) is 0 Å². The first-order valence-electron chi connectivity index (χ1n) is 6.34. The van der Waals surface area contributed by atoms with Crippen molar-refractivity contribution in [3.05, 3.63) is 28.2 Å². The third-order valence-corrected chi connectivity index (χ3v) is 4.39. The van der Waals surface area contributed by atoms with Crippen molar-refractivity contribution in [1.29, 1.82) is 0 Å². The maximum Gasteiger partial charge on any atom is 0.0303 e. The topological polar surface area (TPSA) is 12.0 Å². The van der Waals surface area contributed by atoms with E-state index in [1.165, 1.54) is 33.5 Å². The van der Waals surface area contributed by atoms with Crippen LogP contribution in [0.2, 0.25) is 0 Å². The van der Waals surface area contributed by atoms with E-state index in [4.69, 9.17) is 0 Å². The molecule has 0 aromatic heterocycles. The number of nitrogens with one attached hydrogen (secondary N) is 1. The number of hydrogen-bond acceptors (Lipinski definition) is 2. The van der Waals surface area contributed by atoms with E-state index >= 15 is 0 Å².